The largest absolute Gasteiger partial charge is 0.449 e. The third kappa shape index (κ3) is 4.02. The summed E-state index contributed by atoms with van der Waals surface area (Å²) >= 11 is 5.96. The van der Waals surface area contributed by atoms with Gasteiger partial charge < -0.3 is 9.73 Å². The van der Waals surface area contributed by atoms with Crippen LogP contribution in [0.3, 0.4) is 0 Å². The number of fused-ring (bicyclic) bond motifs is 3. The fourth-order valence-electron chi connectivity index (χ4n) is 3.94. The van der Waals surface area contributed by atoms with Crippen LogP contribution >= 0.6 is 11.6 Å². The van der Waals surface area contributed by atoms with Gasteiger partial charge in [-0.1, -0.05) is 53.6 Å². The molecule has 34 heavy (non-hydrogen) atoms. The van der Waals surface area contributed by atoms with E-state index >= 15 is 0 Å². The Morgan fingerprint density at radius 1 is 0.941 bits per heavy atom. The molecule has 5 aromatic rings. The van der Waals surface area contributed by atoms with Gasteiger partial charge in [0.1, 0.15) is 17.6 Å². The molecule has 3 aromatic carbocycles. The molecule has 0 aliphatic rings. The van der Waals surface area contributed by atoms with Crippen LogP contribution < -0.4 is 16.6 Å². The first kappa shape index (κ1) is 21.7. The Balaban J connectivity index is 1.64. The third-order valence-corrected chi connectivity index (χ3v) is 5.88. The van der Waals surface area contributed by atoms with Crippen LogP contribution in [0, 0.1) is 6.92 Å². The highest BCUT2D eigenvalue weighted by Gasteiger charge is 2.21. The van der Waals surface area contributed by atoms with Crippen LogP contribution in [0.1, 0.15) is 11.1 Å². The second-order valence-corrected chi connectivity index (χ2v) is 8.51. The number of nitrogens with one attached hydrogen (secondary N) is 1. The second kappa shape index (κ2) is 8.68. The van der Waals surface area contributed by atoms with E-state index in [9.17, 15) is 14.4 Å². The van der Waals surface area contributed by atoms with Crippen molar-refractivity contribution in [2.45, 2.75) is 20.0 Å². The maximum atomic E-state index is 13.5. The average Bonchev–Trinajstić information content (AvgIpc) is 3.22. The highest BCUT2D eigenvalue weighted by atomic mass is 35.5. The predicted octanol–water partition coefficient (Wildman–Crippen LogP) is 4.56. The number of carbonyl (C=O) groups is 1. The van der Waals surface area contributed by atoms with Gasteiger partial charge in [0.2, 0.25) is 11.5 Å². The van der Waals surface area contributed by atoms with E-state index in [1.165, 1.54) is 4.57 Å². The number of rotatable bonds is 5. The molecular weight excluding hydrogens is 454 g/mol. The van der Waals surface area contributed by atoms with Crippen LogP contribution in [-0.2, 0) is 17.9 Å². The standard InChI is InChI=1S/C26H20ClN3O4/c1-16-6-12-19(13-7-16)28-22(31)15-29-23-20-4-2-3-5-21(20)34-24(23)25(32)30(26(29)33)14-17-8-10-18(27)11-9-17/h2-13H,14-15H2,1H3,(H,28,31). The van der Waals surface area contributed by atoms with E-state index in [1.807, 2.05) is 19.1 Å². The second-order valence-electron chi connectivity index (χ2n) is 8.08. The summed E-state index contributed by atoms with van der Waals surface area (Å²) in [5, 5.41) is 3.95. The number of para-hydroxylation sites is 1. The van der Waals surface area contributed by atoms with Gasteiger partial charge in [-0.05, 0) is 48.9 Å². The Hall–Kier alpha value is -4.10. The van der Waals surface area contributed by atoms with Gasteiger partial charge in [-0.2, -0.15) is 0 Å². The van der Waals surface area contributed by atoms with Gasteiger partial charge >= 0.3 is 5.69 Å². The molecule has 5 rings (SSSR count). The smallest absolute Gasteiger partial charge is 0.332 e. The Bertz CT molecular complexity index is 1650. The molecule has 0 aliphatic carbocycles. The first-order chi connectivity index (χ1) is 16.4. The lowest BCUT2D eigenvalue weighted by Crippen LogP contribution is -2.41. The van der Waals surface area contributed by atoms with Crippen LogP contribution in [0.4, 0.5) is 5.69 Å². The topological polar surface area (TPSA) is 86.2 Å². The zero-order valence-corrected chi connectivity index (χ0v) is 19.0. The van der Waals surface area contributed by atoms with Gasteiger partial charge in [0, 0.05) is 16.1 Å². The molecule has 170 valence electrons. The molecule has 0 radical (unpaired) electrons. The molecule has 0 aliphatic heterocycles. The summed E-state index contributed by atoms with van der Waals surface area (Å²) in [6.07, 6.45) is 0. The Kier molecular flexibility index (Phi) is 5.55. The zero-order chi connectivity index (χ0) is 23.8. The van der Waals surface area contributed by atoms with Gasteiger partial charge in [-0.3, -0.25) is 18.7 Å². The third-order valence-electron chi connectivity index (χ3n) is 5.63. The van der Waals surface area contributed by atoms with Crippen LogP contribution in [-0.4, -0.2) is 15.0 Å². The van der Waals surface area contributed by atoms with Crippen LogP contribution in [0.25, 0.3) is 22.1 Å². The van der Waals surface area contributed by atoms with Gasteiger partial charge in [-0.25, -0.2) is 4.79 Å². The molecule has 0 saturated heterocycles. The van der Waals surface area contributed by atoms with Crippen LogP contribution in [0.5, 0.6) is 0 Å². The predicted molar refractivity (Wildman–Crippen MR) is 133 cm³/mol. The molecule has 0 atom stereocenters. The highest BCUT2D eigenvalue weighted by molar-refractivity contribution is 6.30. The van der Waals surface area contributed by atoms with Gasteiger partial charge in [0.15, 0.2) is 0 Å². The average molecular weight is 474 g/mol. The number of anilines is 1. The Labute approximate surface area is 198 Å². The molecule has 0 spiro atoms. The molecule has 1 N–H and O–H groups in total. The molecule has 1 amide bonds. The minimum absolute atomic E-state index is 0.0153. The fourth-order valence-corrected chi connectivity index (χ4v) is 4.06. The summed E-state index contributed by atoms with van der Waals surface area (Å²) in [7, 11) is 0. The quantitative estimate of drug-likeness (QED) is 0.405. The Morgan fingerprint density at radius 3 is 2.38 bits per heavy atom. The van der Waals surface area contributed by atoms with Crippen molar-refractivity contribution in [3.63, 3.8) is 0 Å². The lowest BCUT2D eigenvalue weighted by Gasteiger charge is -2.12. The van der Waals surface area contributed by atoms with Crippen molar-refractivity contribution in [3.05, 3.63) is 110 Å². The Morgan fingerprint density at radius 2 is 1.65 bits per heavy atom. The first-order valence-electron chi connectivity index (χ1n) is 10.7. The van der Waals surface area contributed by atoms with Crippen LogP contribution in [0.2, 0.25) is 5.02 Å². The molecule has 0 unspecified atom stereocenters. The van der Waals surface area contributed by atoms with Crippen molar-refractivity contribution < 1.29 is 9.21 Å². The van der Waals surface area contributed by atoms with Crippen molar-refractivity contribution in [2.24, 2.45) is 0 Å². The molecule has 7 nitrogen and oxygen atoms in total. The van der Waals surface area contributed by atoms with Crippen molar-refractivity contribution in [1.82, 2.24) is 9.13 Å². The minimum atomic E-state index is -0.599. The monoisotopic (exact) mass is 473 g/mol. The van der Waals surface area contributed by atoms with E-state index in [2.05, 4.69) is 5.32 Å². The number of aryl methyl sites for hydroxylation is 1. The molecular formula is C26H20ClN3O4. The highest BCUT2D eigenvalue weighted by Crippen LogP contribution is 2.25. The van der Waals surface area contributed by atoms with E-state index in [4.69, 9.17) is 16.0 Å². The number of hydrogen-bond acceptors (Lipinski definition) is 4. The van der Waals surface area contributed by atoms with Gasteiger partial charge in [0.05, 0.1) is 6.54 Å². The lowest BCUT2D eigenvalue weighted by molar-refractivity contribution is -0.116. The van der Waals surface area contributed by atoms with E-state index in [-0.39, 0.29) is 18.7 Å². The summed E-state index contributed by atoms with van der Waals surface area (Å²) in [5.41, 5.74) is 2.04. The lowest BCUT2D eigenvalue weighted by atomic mass is 10.2. The maximum Gasteiger partial charge on any atom is 0.332 e. The van der Waals surface area contributed by atoms with Crippen molar-refractivity contribution in [2.75, 3.05) is 5.32 Å². The fraction of sp³-hybridized carbons (Fsp3) is 0.115. The molecule has 2 heterocycles. The van der Waals surface area contributed by atoms with Gasteiger partial charge in [-0.15, -0.1) is 0 Å². The SMILES string of the molecule is Cc1ccc(NC(=O)Cn2c(=O)n(Cc3ccc(Cl)cc3)c(=O)c3oc4ccccc4c32)cc1. The van der Waals surface area contributed by atoms with E-state index in [0.29, 0.717) is 27.2 Å². The van der Waals surface area contributed by atoms with Crippen molar-refractivity contribution in [1.29, 1.82) is 0 Å². The molecule has 0 fully saturated rings. The van der Waals surface area contributed by atoms with E-state index in [0.717, 1.165) is 15.7 Å². The zero-order valence-electron chi connectivity index (χ0n) is 18.2. The number of halogens is 1. The van der Waals surface area contributed by atoms with Crippen molar-refractivity contribution >= 4 is 45.3 Å². The summed E-state index contributed by atoms with van der Waals surface area (Å²) < 4.78 is 8.21. The first-order valence-corrected chi connectivity index (χ1v) is 11.0. The summed E-state index contributed by atoms with van der Waals surface area (Å²) in [5.74, 6) is -0.394. The molecule has 8 heteroatoms. The summed E-state index contributed by atoms with van der Waals surface area (Å²) in [6.45, 7) is 1.69. The number of hydrogen-bond donors (Lipinski definition) is 1. The minimum Gasteiger partial charge on any atom is -0.449 e. The summed E-state index contributed by atoms with van der Waals surface area (Å²) in [4.78, 5) is 39.7. The number of amides is 1. The van der Waals surface area contributed by atoms with Gasteiger partial charge in [0.25, 0.3) is 5.56 Å². The molecule has 2 aromatic heterocycles. The van der Waals surface area contributed by atoms with Crippen LogP contribution in [0.15, 0.2) is 86.8 Å². The van der Waals surface area contributed by atoms with E-state index in [1.54, 1.807) is 60.7 Å². The maximum absolute atomic E-state index is 13.5. The number of nitrogens with zero attached hydrogens (tertiary/aromatic N) is 2. The number of benzene rings is 3. The number of carbonyl (C=O) groups excluding carboxylic acids is 1. The number of furan rings is 1. The summed E-state index contributed by atoms with van der Waals surface area (Å²) in [6, 6.07) is 21.3. The molecule has 0 saturated carbocycles. The molecule has 0 bridgehead atoms. The number of aromatic nitrogens is 2. The normalized spacial score (nSPS) is 11.2. The van der Waals surface area contributed by atoms with Crippen molar-refractivity contribution in [3.8, 4) is 0 Å². The van der Waals surface area contributed by atoms with E-state index < -0.39 is 17.2 Å².